The second-order valence-corrected chi connectivity index (χ2v) is 6.20. The van der Waals surface area contributed by atoms with E-state index in [9.17, 15) is 26.4 Å². The average molecular weight is 325 g/mol. The van der Waals surface area contributed by atoms with Crippen LogP contribution in [0.1, 0.15) is 17.3 Å². The van der Waals surface area contributed by atoms with Gasteiger partial charge in [0.15, 0.2) is 5.78 Å². The second-order valence-electron chi connectivity index (χ2n) is 4.26. The zero-order valence-electron chi connectivity index (χ0n) is 11.1. The standard InChI is InChI=1S/C12H14F3NO4S/c1-9(18)10-3-2-4-11(7-10)21(19,20)16(5-6-17)8-12(13,14)15/h2-4,7,17H,5-6,8H2,1H3. The lowest BCUT2D eigenvalue weighted by Gasteiger charge is -2.22. The van der Waals surface area contributed by atoms with Crippen molar-refractivity contribution in [2.45, 2.75) is 18.0 Å². The Balaban J connectivity index is 3.22. The summed E-state index contributed by atoms with van der Waals surface area (Å²) in [7, 11) is -4.45. The van der Waals surface area contributed by atoms with E-state index in [0.29, 0.717) is 0 Å². The Labute approximate surface area is 120 Å². The van der Waals surface area contributed by atoms with Crippen LogP contribution in [0.2, 0.25) is 0 Å². The monoisotopic (exact) mass is 325 g/mol. The molecule has 0 atom stereocenters. The number of aliphatic hydroxyl groups excluding tert-OH is 1. The molecule has 0 saturated carbocycles. The molecular weight excluding hydrogens is 311 g/mol. The lowest BCUT2D eigenvalue weighted by atomic mass is 10.2. The molecule has 0 aliphatic heterocycles. The van der Waals surface area contributed by atoms with E-state index in [1.165, 1.54) is 19.1 Å². The largest absolute Gasteiger partial charge is 0.402 e. The predicted molar refractivity (Wildman–Crippen MR) is 68.3 cm³/mol. The number of aliphatic hydroxyl groups is 1. The first kappa shape index (κ1) is 17.6. The molecule has 9 heteroatoms. The first-order chi connectivity index (χ1) is 9.58. The fourth-order valence-electron chi connectivity index (χ4n) is 1.62. The highest BCUT2D eigenvalue weighted by Gasteiger charge is 2.36. The third-order valence-electron chi connectivity index (χ3n) is 2.58. The Hall–Kier alpha value is -1.45. The summed E-state index contributed by atoms with van der Waals surface area (Å²) < 4.78 is 61.8. The molecule has 0 radical (unpaired) electrons. The quantitative estimate of drug-likeness (QED) is 0.803. The molecule has 0 amide bonds. The summed E-state index contributed by atoms with van der Waals surface area (Å²) in [5.41, 5.74) is 0.0760. The molecule has 0 saturated heterocycles. The average Bonchev–Trinajstić information content (AvgIpc) is 2.37. The summed E-state index contributed by atoms with van der Waals surface area (Å²) in [5, 5.41) is 8.76. The van der Waals surface area contributed by atoms with Crippen molar-refractivity contribution in [3.63, 3.8) is 0 Å². The van der Waals surface area contributed by atoms with E-state index >= 15 is 0 Å². The maximum Gasteiger partial charge on any atom is 0.402 e. The van der Waals surface area contributed by atoms with Gasteiger partial charge in [-0.3, -0.25) is 4.79 Å². The fourth-order valence-corrected chi connectivity index (χ4v) is 3.08. The number of rotatable bonds is 6. The maximum atomic E-state index is 12.4. The Kier molecular flexibility index (Phi) is 5.48. The molecule has 0 aliphatic carbocycles. The van der Waals surface area contributed by atoms with E-state index in [1.807, 2.05) is 0 Å². The topological polar surface area (TPSA) is 74.7 Å². The number of benzene rings is 1. The molecule has 1 N–H and O–H groups in total. The number of ketones is 1. The summed E-state index contributed by atoms with van der Waals surface area (Å²) in [6.07, 6.45) is -4.74. The van der Waals surface area contributed by atoms with Crippen LogP contribution in [0.5, 0.6) is 0 Å². The van der Waals surface area contributed by atoms with Crippen LogP contribution in [0.15, 0.2) is 29.2 Å². The molecule has 21 heavy (non-hydrogen) atoms. The van der Waals surface area contributed by atoms with E-state index in [-0.39, 0.29) is 9.87 Å². The van der Waals surface area contributed by atoms with Gasteiger partial charge in [-0.2, -0.15) is 17.5 Å². The molecule has 1 rings (SSSR count). The van der Waals surface area contributed by atoms with Crippen molar-refractivity contribution in [2.75, 3.05) is 19.7 Å². The van der Waals surface area contributed by atoms with Gasteiger partial charge in [-0.1, -0.05) is 12.1 Å². The van der Waals surface area contributed by atoms with Crippen molar-refractivity contribution in [1.29, 1.82) is 0 Å². The number of Topliss-reactive ketones (excluding diaryl/α,β-unsaturated/α-hetero) is 1. The molecule has 0 spiro atoms. The number of carbonyl (C=O) groups excluding carboxylic acids is 1. The normalized spacial score (nSPS) is 12.7. The van der Waals surface area contributed by atoms with Gasteiger partial charge in [0.25, 0.3) is 0 Å². The minimum atomic E-state index is -4.74. The number of carbonyl (C=O) groups is 1. The van der Waals surface area contributed by atoms with Crippen LogP contribution >= 0.6 is 0 Å². The van der Waals surface area contributed by atoms with Crippen LogP contribution in [-0.2, 0) is 10.0 Å². The van der Waals surface area contributed by atoms with Crippen LogP contribution in [0.3, 0.4) is 0 Å². The van der Waals surface area contributed by atoms with E-state index in [1.54, 1.807) is 0 Å². The molecule has 5 nitrogen and oxygen atoms in total. The van der Waals surface area contributed by atoms with Crippen LogP contribution in [-0.4, -0.2) is 49.5 Å². The number of hydrogen-bond donors (Lipinski definition) is 1. The number of halogens is 3. The summed E-state index contributed by atoms with van der Waals surface area (Å²) in [6.45, 7) is -1.93. The fraction of sp³-hybridized carbons (Fsp3) is 0.417. The molecule has 118 valence electrons. The van der Waals surface area contributed by atoms with Crippen molar-refractivity contribution >= 4 is 15.8 Å². The molecule has 0 bridgehead atoms. The molecule has 0 fully saturated rings. The number of sulfonamides is 1. The van der Waals surface area contributed by atoms with Gasteiger partial charge in [-0.05, 0) is 19.1 Å². The van der Waals surface area contributed by atoms with Crippen molar-refractivity contribution in [2.24, 2.45) is 0 Å². The first-order valence-corrected chi connectivity index (χ1v) is 7.30. The third kappa shape index (κ3) is 4.80. The van der Waals surface area contributed by atoms with Crippen molar-refractivity contribution in [1.82, 2.24) is 4.31 Å². The van der Waals surface area contributed by atoms with Gasteiger partial charge in [-0.15, -0.1) is 0 Å². The molecule has 0 unspecified atom stereocenters. The highest BCUT2D eigenvalue weighted by molar-refractivity contribution is 7.89. The van der Waals surface area contributed by atoms with Gasteiger partial charge in [0, 0.05) is 12.1 Å². The summed E-state index contributed by atoms with van der Waals surface area (Å²) in [6, 6.07) is 4.75. The lowest BCUT2D eigenvalue weighted by Crippen LogP contribution is -2.40. The molecule has 1 aromatic rings. The van der Waals surface area contributed by atoms with Crippen molar-refractivity contribution in [3.05, 3.63) is 29.8 Å². The summed E-state index contributed by atoms with van der Waals surface area (Å²) >= 11 is 0. The van der Waals surface area contributed by atoms with Crippen molar-refractivity contribution in [3.8, 4) is 0 Å². The minimum Gasteiger partial charge on any atom is -0.395 e. The Bertz CT molecular complexity index is 613. The van der Waals surface area contributed by atoms with Crippen molar-refractivity contribution < 1.29 is 31.5 Å². The van der Waals surface area contributed by atoms with Gasteiger partial charge in [0.1, 0.15) is 6.54 Å². The highest BCUT2D eigenvalue weighted by atomic mass is 32.2. The Morgan fingerprint density at radius 1 is 1.33 bits per heavy atom. The number of nitrogens with zero attached hydrogens (tertiary/aromatic N) is 1. The molecule has 0 heterocycles. The van der Waals surface area contributed by atoms with Crippen LogP contribution < -0.4 is 0 Å². The molecule has 0 aliphatic rings. The zero-order chi connectivity index (χ0) is 16.3. The summed E-state index contributed by atoms with van der Waals surface area (Å²) in [4.78, 5) is 10.8. The third-order valence-corrected chi connectivity index (χ3v) is 4.42. The number of hydrogen-bond acceptors (Lipinski definition) is 4. The minimum absolute atomic E-state index is 0.0760. The van der Waals surface area contributed by atoms with Crippen LogP contribution in [0.4, 0.5) is 13.2 Å². The van der Waals surface area contributed by atoms with Gasteiger partial charge in [-0.25, -0.2) is 8.42 Å². The van der Waals surface area contributed by atoms with E-state index in [2.05, 4.69) is 0 Å². The van der Waals surface area contributed by atoms with E-state index in [4.69, 9.17) is 5.11 Å². The lowest BCUT2D eigenvalue weighted by molar-refractivity contribution is -0.136. The highest BCUT2D eigenvalue weighted by Crippen LogP contribution is 2.23. The zero-order valence-corrected chi connectivity index (χ0v) is 11.9. The predicted octanol–water partition coefficient (Wildman–Crippen LogP) is 1.43. The SMILES string of the molecule is CC(=O)c1cccc(S(=O)(=O)N(CCO)CC(F)(F)F)c1. The Morgan fingerprint density at radius 3 is 2.43 bits per heavy atom. The molecular formula is C12H14F3NO4S. The van der Waals surface area contributed by atoms with Gasteiger partial charge in [0.05, 0.1) is 11.5 Å². The molecule has 0 aromatic heterocycles. The number of alkyl halides is 3. The van der Waals surface area contributed by atoms with Gasteiger partial charge in [0.2, 0.25) is 10.0 Å². The maximum absolute atomic E-state index is 12.4. The second kappa shape index (κ2) is 6.54. The first-order valence-electron chi connectivity index (χ1n) is 5.86. The molecule has 1 aromatic carbocycles. The van der Waals surface area contributed by atoms with E-state index in [0.717, 1.165) is 12.1 Å². The summed E-state index contributed by atoms with van der Waals surface area (Å²) in [5.74, 6) is -0.406. The van der Waals surface area contributed by atoms with Gasteiger partial charge >= 0.3 is 6.18 Å². The smallest absolute Gasteiger partial charge is 0.395 e. The Morgan fingerprint density at radius 2 is 1.95 bits per heavy atom. The van der Waals surface area contributed by atoms with Crippen LogP contribution in [0, 0.1) is 0 Å². The van der Waals surface area contributed by atoms with E-state index < -0.39 is 46.6 Å². The van der Waals surface area contributed by atoms with Gasteiger partial charge < -0.3 is 5.11 Å². The van der Waals surface area contributed by atoms with Crippen LogP contribution in [0.25, 0.3) is 0 Å².